The molecule has 0 bridgehead atoms. The first-order valence-electron chi connectivity index (χ1n) is 5.14. The van der Waals surface area contributed by atoms with Crippen LogP contribution in [0.25, 0.3) is 0 Å². The molecule has 0 aromatic heterocycles. The highest BCUT2D eigenvalue weighted by Gasteiger charge is 2.38. The first kappa shape index (κ1) is 16.5. The van der Waals surface area contributed by atoms with Gasteiger partial charge in [-0.05, 0) is 5.92 Å². The van der Waals surface area contributed by atoms with Gasteiger partial charge in [-0.1, -0.05) is 13.8 Å². The van der Waals surface area contributed by atoms with Crippen molar-refractivity contribution < 1.29 is 27.9 Å². The first-order valence-corrected chi connectivity index (χ1v) is 5.14. The summed E-state index contributed by atoms with van der Waals surface area (Å²) in [5.74, 6) is -1.20. The van der Waals surface area contributed by atoms with Crippen molar-refractivity contribution in [3.63, 3.8) is 0 Å². The second-order valence-electron chi connectivity index (χ2n) is 4.03. The fraction of sp³-hybridized carbons (Fsp3) is 0.778. The third kappa shape index (κ3) is 5.71. The molecule has 3 amide bonds. The minimum absolute atomic E-state index is 0.361. The van der Waals surface area contributed by atoms with Crippen LogP contribution in [0.3, 0.4) is 0 Å². The molecule has 0 aliphatic heterocycles. The molecular weight excluding hydrogens is 255 g/mol. The van der Waals surface area contributed by atoms with Gasteiger partial charge < -0.3 is 21.5 Å². The number of halogens is 3. The van der Waals surface area contributed by atoms with E-state index in [0.29, 0.717) is 0 Å². The van der Waals surface area contributed by atoms with E-state index in [0.717, 1.165) is 0 Å². The van der Waals surface area contributed by atoms with Crippen molar-refractivity contribution in [2.24, 2.45) is 11.7 Å². The number of nitrogens with one attached hydrogen (secondary N) is 2. The van der Waals surface area contributed by atoms with Crippen molar-refractivity contribution >= 4 is 11.9 Å². The molecule has 0 aliphatic rings. The lowest BCUT2D eigenvalue weighted by molar-refractivity contribution is -0.201. The summed E-state index contributed by atoms with van der Waals surface area (Å²) in [5.41, 5.74) is 4.83. The number of amides is 3. The summed E-state index contributed by atoms with van der Waals surface area (Å²) in [5, 5.41) is 12.7. The molecule has 0 heterocycles. The summed E-state index contributed by atoms with van der Waals surface area (Å²) in [6.07, 6.45) is -7.46. The molecule has 2 unspecified atom stereocenters. The standard InChI is InChI=1S/C9H16F3N3O3/c1-4(2)6(15-8(13)18)7(17)14-3-5(16)9(10,11)12/h4-6,16H,3H2,1-2H3,(H,14,17)(H3,13,15,18). The zero-order valence-electron chi connectivity index (χ0n) is 9.91. The van der Waals surface area contributed by atoms with E-state index >= 15 is 0 Å². The molecule has 0 aliphatic carbocycles. The lowest BCUT2D eigenvalue weighted by Crippen LogP contribution is -2.53. The van der Waals surface area contributed by atoms with Crippen LogP contribution in [-0.4, -0.2) is 41.9 Å². The quantitative estimate of drug-likeness (QED) is 0.552. The number of primary amides is 1. The van der Waals surface area contributed by atoms with E-state index < -0.39 is 36.8 Å². The number of alkyl halides is 3. The van der Waals surface area contributed by atoms with Gasteiger partial charge in [0.15, 0.2) is 6.10 Å². The van der Waals surface area contributed by atoms with Crippen molar-refractivity contribution in [1.29, 1.82) is 0 Å². The topological polar surface area (TPSA) is 104 Å². The van der Waals surface area contributed by atoms with Crippen LogP contribution >= 0.6 is 0 Å². The summed E-state index contributed by atoms with van der Waals surface area (Å²) in [4.78, 5) is 22.1. The second-order valence-corrected chi connectivity index (χ2v) is 4.03. The number of aliphatic hydroxyl groups is 1. The number of aliphatic hydroxyl groups excluding tert-OH is 1. The predicted octanol–water partition coefficient (Wildman–Crippen LogP) is -0.281. The minimum Gasteiger partial charge on any atom is -0.382 e. The first-order chi connectivity index (χ1) is 8.05. The molecule has 0 saturated carbocycles. The number of urea groups is 1. The Morgan fingerprint density at radius 2 is 1.83 bits per heavy atom. The Morgan fingerprint density at radius 1 is 1.33 bits per heavy atom. The largest absolute Gasteiger partial charge is 0.416 e. The van der Waals surface area contributed by atoms with Crippen LogP contribution in [0.2, 0.25) is 0 Å². The summed E-state index contributed by atoms with van der Waals surface area (Å²) >= 11 is 0. The number of hydrogen-bond donors (Lipinski definition) is 4. The van der Waals surface area contributed by atoms with Crippen LogP contribution in [0.1, 0.15) is 13.8 Å². The van der Waals surface area contributed by atoms with Crippen molar-refractivity contribution in [2.75, 3.05) is 6.54 Å². The maximum Gasteiger partial charge on any atom is 0.416 e. The van der Waals surface area contributed by atoms with E-state index in [2.05, 4.69) is 5.32 Å². The van der Waals surface area contributed by atoms with E-state index in [1.807, 2.05) is 5.32 Å². The summed E-state index contributed by atoms with van der Waals surface area (Å²) in [6.45, 7) is 2.19. The maximum absolute atomic E-state index is 12.0. The molecule has 6 nitrogen and oxygen atoms in total. The number of carbonyl (C=O) groups is 2. The van der Waals surface area contributed by atoms with E-state index in [4.69, 9.17) is 10.8 Å². The predicted molar refractivity (Wildman–Crippen MR) is 56.4 cm³/mol. The normalized spacial score (nSPS) is 15.1. The number of rotatable bonds is 5. The lowest BCUT2D eigenvalue weighted by Gasteiger charge is -2.22. The molecule has 106 valence electrons. The zero-order valence-corrected chi connectivity index (χ0v) is 9.91. The summed E-state index contributed by atoms with van der Waals surface area (Å²) in [7, 11) is 0. The Labute approximate surface area is 102 Å². The van der Waals surface area contributed by atoms with Crippen LogP contribution in [-0.2, 0) is 4.79 Å². The summed E-state index contributed by atoms with van der Waals surface area (Å²) in [6, 6.07) is -2.01. The van der Waals surface area contributed by atoms with Crippen molar-refractivity contribution in [2.45, 2.75) is 32.2 Å². The van der Waals surface area contributed by atoms with Gasteiger partial charge in [0.25, 0.3) is 0 Å². The van der Waals surface area contributed by atoms with Gasteiger partial charge in [0, 0.05) is 0 Å². The van der Waals surface area contributed by atoms with Crippen LogP contribution in [0.5, 0.6) is 0 Å². The van der Waals surface area contributed by atoms with Crippen LogP contribution in [0, 0.1) is 5.92 Å². The molecule has 2 atom stereocenters. The zero-order chi connectivity index (χ0) is 14.5. The van der Waals surface area contributed by atoms with Crippen LogP contribution in [0.4, 0.5) is 18.0 Å². The molecule has 5 N–H and O–H groups in total. The molecule has 0 saturated heterocycles. The Morgan fingerprint density at radius 3 is 2.17 bits per heavy atom. The van der Waals surface area contributed by atoms with E-state index in [-0.39, 0.29) is 5.92 Å². The number of hydrogen-bond acceptors (Lipinski definition) is 3. The summed E-state index contributed by atoms with van der Waals surface area (Å²) < 4.78 is 35.9. The van der Waals surface area contributed by atoms with E-state index in [9.17, 15) is 22.8 Å². The van der Waals surface area contributed by atoms with Gasteiger partial charge in [-0.25, -0.2) is 4.79 Å². The van der Waals surface area contributed by atoms with E-state index in [1.54, 1.807) is 13.8 Å². The van der Waals surface area contributed by atoms with Crippen molar-refractivity contribution in [3.05, 3.63) is 0 Å². The number of carbonyl (C=O) groups excluding carboxylic acids is 2. The average molecular weight is 271 g/mol. The fourth-order valence-electron chi connectivity index (χ4n) is 1.11. The molecule has 0 aromatic carbocycles. The highest BCUT2D eigenvalue weighted by Crippen LogP contribution is 2.19. The average Bonchev–Trinajstić information content (AvgIpc) is 2.19. The molecule has 0 radical (unpaired) electrons. The van der Waals surface area contributed by atoms with Crippen molar-refractivity contribution in [3.8, 4) is 0 Å². The lowest BCUT2D eigenvalue weighted by atomic mass is 10.0. The van der Waals surface area contributed by atoms with Gasteiger partial charge in [0.05, 0.1) is 6.54 Å². The fourth-order valence-corrected chi connectivity index (χ4v) is 1.11. The Balaban J connectivity index is 4.40. The molecule has 0 spiro atoms. The van der Waals surface area contributed by atoms with E-state index in [1.165, 1.54) is 0 Å². The molecule has 18 heavy (non-hydrogen) atoms. The second kappa shape index (κ2) is 6.43. The Hall–Kier alpha value is -1.51. The maximum atomic E-state index is 12.0. The third-order valence-corrected chi connectivity index (χ3v) is 2.09. The van der Waals surface area contributed by atoms with Gasteiger partial charge in [-0.3, -0.25) is 4.79 Å². The number of nitrogens with two attached hydrogens (primary N) is 1. The van der Waals surface area contributed by atoms with Gasteiger partial charge in [0.1, 0.15) is 6.04 Å². The van der Waals surface area contributed by atoms with Gasteiger partial charge in [-0.2, -0.15) is 13.2 Å². The Bertz CT molecular complexity index is 307. The van der Waals surface area contributed by atoms with Gasteiger partial charge >= 0.3 is 12.2 Å². The highest BCUT2D eigenvalue weighted by atomic mass is 19.4. The highest BCUT2D eigenvalue weighted by molar-refractivity contribution is 5.86. The Kier molecular flexibility index (Phi) is 5.89. The van der Waals surface area contributed by atoms with Crippen LogP contribution < -0.4 is 16.4 Å². The smallest absolute Gasteiger partial charge is 0.382 e. The molecule has 9 heteroatoms. The van der Waals surface area contributed by atoms with Crippen LogP contribution in [0.15, 0.2) is 0 Å². The molecule has 0 rings (SSSR count). The van der Waals surface area contributed by atoms with Gasteiger partial charge in [-0.15, -0.1) is 0 Å². The molecular formula is C9H16F3N3O3. The van der Waals surface area contributed by atoms with Crippen molar-refractivity contribution in [1.82, 2.24) is 10.6 Å². The monoisotopic (exact) mass is 271 g/mol. The SMILES string of the molecule is CC(C)C(NC(N)=O)C(=O)NCC(O)C(F)(F)F. The van der Waals surface area contributed by atoms with Gasteiger partial charge in [0.2, 0.25) is 5.91 Å². The third-order valence-electron chi connectivity index (χ3n) is 2.09. The molecule has 0 fully saturated rings. The molecule has 0 aromatic rings. The minimum atomic E-state index is -4.81.